The zero-order valence-corrected chi connectivity index (χ0v) is 18.2. The fourth-order valence-electron chi connectivity index (χ4n) is 4.26. The molecule has 0 aliphatic rings. The van der Waals surface area contributed by atoms with E-state index in [0.29, 0.717) is 0 Å². The van der Waals surface area contributed by atoms with E-state index in [9.17, 15) is 0 Å². The molecule has 1 heteroatoms. The molecular weight excluding hydrogens is 314 g/mol. The Bertz CT molecular complexity index is 407. The molecule has 0 saturated carbocycles. The molecule has 1 aromatic carbocycles. The van der Waals surface area contributed by atoms with E-state index >= 15 is 0 Å². The van der Waals surface area contributed by atoms with Crippen LogP contribution in [0.3, 0.4) is 0 Å². The summed E-state index contributed by atoms with van der Waals surface area (Å²) in [4.78, 5) is 2.51. The zero-order valence-electron chi connectivity index (χ0n) is 18.2. The summed E-state index contributed by atoms with van der Waals surface area (Å²) >= 11 is 0. The second-order valence-corrected chi connectivity index (χ2v) is 8.33. The smallest absolute Gasteiger partial charge is 0.0454 e. The summed E-state index contributed by atoms with van der Waals surface area (Å²) in [7, 11) is 4.59. The zero-order chi connectivity index (χ0) is 19.1. The van der Waals surface area contributed by atoms with Gasteiger partial charge in [0.1, 0.15) is 0 Å². The molecule has 0 saturated heterocycles. The Kier molecular flexibility index (Phi) is 12.7. The lowest BCUT2D eigenvalue weighted by molar-refractivity contribution is 0.117. The van der Waals surface area contributed by atoms with E-state index in [1.807, 2.05) is 0 Å². The number of hydrogen-bond donors (Lipinski definition) is 0. The Labute approximate surface area is 164 Å². The van der Waals surface area contributed by atoms with Gasteiger partial charge in [-0.3, -0.25) is 4.90 Å². The van der Waals surface area contributed by atoms with Gasteiger partial charge in [0.25, 0.3) is 0 Å². The predicted octanol–water partition coefficient (Wildman–Crippen LogP) is 7.94. The topological polar surface area (TPSA) is 3.24 Å². The molecule has 0 fully saturated rings. The molecule has 1 aromatic rings. The summed E-state index contributed by atoms with van der Waals surface area (Å²) in [6.45, 7) is 4.60. The first-order valence-electron chi connectivity index (χ1n) is 11.4. The SMILES string of the molecule is CCCCCCCCC(CCCCCCCC)(c1ccccc1)N(C)C. The number of hydrogen-bond acceptors (Lipinski definition) is 1. The lowest BCUT2D eigenvalue weighted by Gasteiger charge is -2.41. The van der Waals surface area contributed by atoms with Crippen LogP contribution in [-0.4, -0.2) is 19.0 Å². The first-order chi connectivity index (χ1) is 12.7. The first kappa shape index (κ1) is 23.2. The van der Waals surface area contributed by atoms with Gasteiger partial charge in [0.2, 0.25) is 0 Å². The van der Waals surface area contributed by atoms with Gasteiger partial charge in [-0.1, -0.05) is 121 Å². The molecule has 0 atom stereocenters. The monoisotopic (exact) mass is 359 g/mol. The van der Waals surface area contributed by atoms with Crippen molar-refractivity contribution in [3.8, 4) is 0 Å². The minimum absolute atomic E-state index is 0.219. The number of rotatable bonds is 16. The third-order valence-corrected chi connectivity index (χ3v) is 6.06. The highest BCUT2D eigenvalue weighted by Gasteiger charge is 2.33. The van der Waals surface area contributed by atoms with Crippen LogP contribution in [0.5, 0.6) is 0 Å². The van der Waals surface area contributed by atoms with Gasteiger partial charge in [-0.05, 0) is 32.5 Å². The minimum Gasteiger partial charge on any atom is -0.300 e. The molecule has 150 valence electrons. The Morgan fingerprint density at radius 2 is 1.04 bits per heavy atom. The summed E-state index contributed by atoms with van der Waals surface area (Å²) in [6, 6.07) is 11.3. The highest BCUT2D eigenvalue weighted by Crippen LogP contribution is 2.37. The van der Waals surface area contributed by atoms with Gasteiger partial charge < -0.3 is 0 Å². The van der Waals surface area contributed by atoms with Crippen molar-refractivity contribution in [1.82, 2.24) is 4.90 Å². The summed E-state index contributed by atoms with van der Waals surface area (Å²) in [5, 5.41) is 0. The Hall–Kier alpha value is -0.820. The highest BCUT2D eigenvalue weighted by atomic mass is 15.1. The molecule has 0 spiro atoms. The first-order valence-corrected chi connectivity index (χ1v) is 11.4. The lowest BCUT2D eigenvalue weighted by Crippen LogP contribution is -2.41. The molecule has 0 aromatic heterocycles. The van der Waals surface area contributed by atoms with Gasteiger partial charge in [-0.2, -0.15) is 0 Å². The number of nitrogens with zero attached hydrogens (tertiary/aromatic N) is 1. The molecule has 0 N–H and O–H groups in total. The van der Waals surface area contributed by atoms with Crippen LogP contribution in [0.25, 0.3) is 0 Å². The maximum Gasteiger partial charge on any atom is 0.0454 e. The molecule has 0 aliphatic carbocycles. The third-order valence-electron chi connectivity index (χ3n) is 6.06. The van der Waals surface area contributed by atoms with Crippen LogP contribution in [-0.2, 0) is 5.54 Å². The summed E-state index contributed by atoms with van der Waals surface area (Å²) in [6.07, 6.45) is 19.2. The highest BCUT2D eigenvalue weighted by molar-refractivity contribution is 5.24. The largest absolute Gasteiger partial charge is 0.300 e. The molecule has 0 radical (unpaired) electrons. The Morgan fingerprint density at radius 3 is 1.46 bits per heavy atom. The van der Waals surface area contributed by atoms with Crippen molar-refractivity contribution in [2.24, 2.45) is 0 Å². The maximum atomic E-state index is 2.51. The molecule has 0 aliphatic heterocycles. The molecular formula is C25H45N. The quantitative estimate of drug-likeness (QED) is 0.271. The Morgan fingerprint density at radius 1 is 0.615 bits per heavy atom. The predicted molar refractivity (Wildman–Crippen MR) is 118 cm³/mol. The van der Waals surface area contributed by atoms with Gasteiger partial charge in [-0.15, -0.1) is 0 Å². The van der Waals surface area contributed by atoms with E-state index < -0.39 is 0 Å². The molecule has 0 bridgehead atoms. The van der Waals surface area contributed by atoms with Crippen LogP contribution in [0.4, 0.5) is 0 Å². The fourth-order valence-corrected chi connectivity index (χ4v) is 4.26. The summed E-state index contributed by atoms with van der Waals surface area (Å²) in [5.74, 6) is 0. The summed E-state index contributed by atoms with van der Waals surface area (Å²) < 4.78 is 0. The van der Waals surface area contributed by atoms with Crippen LogP contribution in [0.1, 0.15) is 109 Å². The normalized spacial score (nSPS) is 12.0. The average Bonchev–Trinajstić information content (AvgIpc) is 2.66. The molecule has 0 unspecified atom stereocenters. The summed E-state index contributed by atoms with van der Waals surface area (Å²) in [5.41, 5.74) is 1.74. The van der Waals surface area contributed by atoms with Crippen molar-refractivity contribution in [1.29, 1.82) is 0 Å². The number of unbranched alkanes of at least 4 members (excludes halogenated alkanes) is 10. The van der Waals surface area contributed by atoms with Crippen molar-refractivity contribution >= 4 is 0 Å². The molecule has 1 nitrogen and oxygen atoms in total. The van der Waals surface area contributed by atoms with Gasteiger partial charge in [0, 0.05) is 5.54 Å². The second-order valence-electron chi connectivity index (χ2n) is 8.33. The van der Waals surface area contributed by atoms with Crippen molar-refractivity contribution in [3.63, 3.8) is 0 Å². The standard InChI is InChI=1S/C25H45N/c1-5-7-9-11-13-18-22-25(26(3)4,24-20-16-15-17-21-24)23-19-14-12-10-8-6-2/h15-17,20-21H,5-14,18-19,22-23H2,1-4H3. The van der Waals surface area contributed by atoms with Crippen molar-refractivity contribution in [3.05, 3.63) is 35.9 Å². The van der Waals surface area contributed by atoms with Crippen LogP contribution in [0.2, 0.25) is 0 Å². The van der Waals surface area contributed by atoms with Crippen LogP contribution in [0.15, 0.2) is 30.3 Å². The lowest BCUT2D eigenvalue weighted by atomic mass is 9.79. The second kappa shape index (κ2) is 14.3. The van der Waals surface area contributed by atoms with Gasteiger partial charge in [0.15, 0.2) is 0 Å². The molecule has 1 rings (SSSR count). The maximum absolute atomic E-state index is 2.51. The molecule has 0 heterocycles. The van der Waals surface area contributed by atoms with E-state index in [1.54, 1.807) is 0 Å². The van der Waals surface area contributed by atoms with E-state index in [2.05, 4.69) is 63.2 Å². The van der Waals surface area contributed by atoms with Gasteiger partial charge in [0.05, 0.1) is 0 Å². The minimum atomic E-state index is 0.219. The third kappa shape index (κ3) is 8.25. The molecule has 0 amide bonds. The van der Waals surface area contributed by atoms with Crippen molar-refractivity contribution in [2.75, 3.05) is 14.1 Å². The van der Waals surface area contributed by atoms with Crippen molar-refractivity contribution in [2.45, 2.75) is 109 Å². The van der Waals surface area contributed by atoms with E-state index in [1.165, 1.54) is 95.5 Å². The van der Waals surface area contributed by atoms with E-state index in [-0.39, 0.29) is 5.54 Å². The van der Waals surface area contributed by atoms with Crippen LogP contribution >= 0.6 is 0 Å². The van der Waals surface area contributed by atoms with E-state index in [4.69, 9.17) is 0 Å². The average molecular weight is 360 g/mol. The fraction of sp³-hybridized carbons (Fsp3) is 0.760. The van der Waals surface area contributed by atoms with Crippen LogP contribution < -0.4 is 0 Å². The van der Waals surface area contributed by atoms with Gasteiger partial charge in [-0.25, -0.2) is 0 Å². The Balaban J connectivity index is 2.65. The van der Waals surface area contributed by atoms with Crippen molar-refractivity contribution < 1.29 is 0 Å². The van der Waals surface area contributed by atoms with E-state index in [0.717, 1.165) is 0 Å². The number of benzene rings is 1. The molecule has 26 heavy (non-hydrogen) atoms. The van der Waals surface area contributed by atoms with Crippen LogP contribution in [0, 0.1) is 0 Å². The van der Waals surface area contributed by atoms with Gasteiger partial charge >= 0.3 is 0 Å².